The third-order valence-corrected chi connectivity index (χ3v) is 7.97. The summed E-state index contributed by atoms with van der Waals surface area (Å²) in [4.78, 5) is 34.8. The van der Waals surface area contributed by atoms with Crippen LogP contribution in [0.1, 0.15) is 155 Å². The number of amides is 1. The largest absolute Gasteiger partial charge is 0.480 e. The zero-order valence-electron chi connectivity index (χ0n) is 32.2. The summed E-state index contributed by atoms with van der Waals surface area (Å²) >= 11 is 0. The molecule has 1 atom stereocenters. The van der Waals surface area contributed by atoms with Crippen LogP contribution in [0.2, 0.25) is 0 Å². The summed E-state index contributed by atoms with van der Waals surface area (Å²) in [7, 11) is 0. The van der Waals surface area contributed by atoms with Crippen LogP contribution in [0.5, 0.6) is 0 Å². The van der Waals surface area contributed by atoms with Gasteiger partial charge in [0.15, 0.2) is 0 Å². The van der Waals surface area contributed by atoms with Gasteiger partial charge < -0.3 is 15.2 Å². The molecule has 0 saturated heterocycles. The molecule has 1 unspecified atom stereocenters. The van der Waals surface area contributed by atoms with Crippen LogP contribution in [0.15, 0.2) is 97.2 Å². The number of esters is 1. The van der Waals surface area contributed by atoms with Gasteiger partial charge in [-0.05, 0) is 96.0 Å². The van der Waals surface area contributed by atoms with Gasteiger partial charge in [-0.15, -0.1) is 0 Å². The number of hydrogen-bond acceptors (Lipinski definition) is 4. The van der Waals surface area contributed by atoms with Gasteiger partial charge in [0.05, 0.1) is 0 Å². The summed E-state index contributed by atoms with van der Waals surface area (Å²) in [5.41, 5.74) is 0. The number of nitrogens with one attached hydrogen (secondary N) is 1. The first-order valence-electron chi connectivity index (χ1n) is 19.9. The van der Waals surface area contributed by atoms with Crippen molar-refractivity contribution >= 4 is 17.8 Å². The monoisotopic (exact) mass is 706 g/mol. The molecule has 286 valence electrons. The fraction of sp³-hybridized carbons (Fsp3) is 0.578. The fourth-order valence-electron chi connectivity index (χ4n) is 5.06. The number of carboxylic acid groups (broad SMARTS) is 1. The van der Waals surface area contributed by atoms with Gasteiger partial charge in [0, 0.05) is 12.8 Å². The first kappa shape index (κ1) is 47.3. The minimum Gasteiger partial charge on any atom is -0.480 e. The molecule has 51 heavy (non-hydrogen) atoms. The van der Waals surface area contributed by atoms with Crippen molar-refractivity contribution in [2.45, 2.75) is 161 Å². The van der Waals surface area contributed by atoms with E-state index in [0.29, 0.717) is 12.8 Å². The Morgan fingerprint density at radius 3 is 1.59 bits per heavy atom. The van der Waals surface area contributed by atoms with Gasteiger partial charge in [-0.25, -0.2) is 0 Å². The highest BCUT2D eigenvalue weighted by molar-refractivity contribution is 5.80. The van der Waals surface area contributed by atoms with E-state index >= 15 is 0 Å². The van der Waals surface area contributed by atoms with E-state index in [0.717, 1.165) is 103 Å². The van der Waals surface area contributed by atoms with Crippen molar-refractivity contribution in [3.05, 3.63) is 97.2 Å². The van der Waals surface area contributed by atoms with E-state index in [2.05, 4.69) is 116 Å². The summed E-state index contributed by atoms with van der Waals surface area (Å²) in [6, 6.07) is 0. The Kier molecular flexibility index (Phi) is 36.3. The average molecular weight is 706 g/mol. The van der Waals surface area contributed by atoms with Crippen LogP contribution in [0, 0.1) is 0 Å². The summed E-state index contributed by atoms with van der Waals surface area (Å²) in [5.74, 6) is -1.41. The Labute approximate surface area is 311 Å². The van der Waals surface area contributed by atoms with Crippen LogP contribution in [-0.4, -0.2) is 35.6 Å². The maximum Gasteiger partial charge on any atom is 0.322 e. The Bertz CT molecular complexity index is 1090. The van der Waals surface area contributed by atoms with Crippen LogP contribution in [0.3, 0.4) is 0 Å². The molecule has 0 radical (unpaired) electrons. The third kappa shape index (κ3) is 39.0. The number of carbonyl (C=O) groups excluding carboxylic acids is 2. The zero-order chi connectivity index (χ0) is 37.3. The molecule has 2 N–H and O–H groups in total. The van der Waals surface area contributed by atoms with Gasteiger partial charge in [-0.3, -0.25) is 14.4 Å². The molecular weight excluding hydrogens is 634 g/mol. The SMILES string of the molecule is CC/C=C\C/C=C\C/C=C\C/C=C\C/C=C\C/C=C\C/C=C\CCCC(=O)OC(/C=C\CCCCCCC)CCCCCCC(=O)NCC(=O)O. The molecule has 0 spiro atoms. The maximum atomic E-state index is 12.6. The predicted octanol–water partition coefficient (Wildman–Crippen LogP) is 12.2. The normalized spacial score (nSPS) is 13.1. The Hall–Kier alpha value is -3.67. The van der Waals surface area contributed by atoms with Crippen LogP contribution >= 0.6 is 0 Å². The third-order valence-electron chi connectivity index (χ3n) is 7.97. The van der Waals surface area contributed by atoms with E-state index in [1.165, 1.54) is 25.7 Å². The lowest BCUT2D eigenvalue weighted by atomic mass is 10.1. The molecule has 0 aromatic rings. The Morgan fingerprint density at radius 2 is 1.04 bits per heavy atom. The van der Waals surface area contributed by atoms with E-state index in [9.17, 15) is 14.4 Å². The standard InChI is InChI=1S/C45H71NO5/c1-3-5-7-9-11-12-13-14-15-16-17-18-19-20-21-22-23-24-25-26-28-30-36-40-45(50)51-42(37-33-29-27-10-8-6-4-2)38-34-31-32-35-39-43(47)46-41-44(48)49/h5,7,11-12,14-15,17-18,20-21,23-24,26,28,33,37,42H,3-4,6,8-10,13,16,19,22,25,27,29-32,34-36,38-41H2,1-2H3,(H,46,47)(H,48,49)/b7-5-,12-11-,15-14-,18-17-,21-20-,24-23-,28-26-,37-33-. The summed E-state index contributed by atoms with van der Waals surface area (Å²) < 4.78 is 5.85. The Morgan fingerprint density at radius 1 is 0.549 bits per heavy atom. The number of carbonyl (C=O) groups is 3. The molecule has 0 aliphatic rings. The van der Waals surface area contributed by atoms with Gasteiger partial charge in [0.2, 0.25) is 5.91 Å². The molecule has 6 heteroatoms. The van der Waals surface area contributed by atoms with E-state index < -0.39 is 5.97 Å². The van der Waals surface area contributed by atoms with Gasteiger partial charge in [0.25, 0.3) is 0 Å². The maximum absolute atomic E-state index is 12.6. The van der Waals surface area contributed by atoms with E-state index in [1.54, 1.807) is 0 Å². The lowest BCUT2D eigenvalue weighted by molar-refractivity contribution is -0.147. The fourth-order valence-corrected chi connectivity index (χ4v) is 5.06. The van der Waals surface area contributed by atoms with E-state index in [4.69, 9.17) is 9.84 Å². The lowest BCUT2D eigenvalue weighted by Gasteiger charge is -2.14. The van der Waals surface area contributed by atoms with Crippen LogP contribution in [0.25, 0.3) is 0 Å². The van der Waals surface area contributed by atoms with E-state index in [-0.39, 0.29) is 24.5 Å². The van der Waals surface area contributed by atoms with Crippen LogP contribution in [-0.2, 0) is 19.1 Å². The molecule has 0 bridgehead atoms. The molecule has 0 aliphatic heterocycles. The first-order chi connectivity index (χ1) is 25.0. The minimum atomic E-state index is -1.04. The second-order valence-corrected chi connectivity index (χ2v) is 12.8. The van der Waals surface area contributed by atoms with Crippen molar-refractivity contribution in [1.82, 2.24) is 5.32 Å². The van der Waals surface area contributed by atoms with Crippen molar-refractivity contribution in [3.63, 3.8) is 0 Å². The second-order valence-electron chi connectivity index (χ2n) is 12.8. The van der Waals surface area contributed by atoms with Gasteiger partial charge in [-0.2, -0.15) is 0 Å². The van der Waals surface area contributed by atoms with Gasteiger partial charge in [-0.1, -0.05) is 144 Å². The molecule has 1 amide bonds. The second kappa shape index (κ2) is 39.1. The van der Waals surface area contributed by atoms with E-state index in [1.807, 2.05) is 0 Å². The molecule has 0 aliphatic carbocycles. The van der Waals surface area contributed by atoms with Crippen LogP contribution in [0.4, 0.5) is 0 Å². The zero-order valence-corrected chi connectivity index (χ0v) is 32.2. The molecule has 0 heterocycles. The quantitative estimate of drug-likeness (QED) is 0.0395. The van der Waals surface area contributed by atoms with Crippen molar-refractivity contribution in [1.29, 1.82) is 0 Å². The lowest BCUT2D eigenvalue weighted by Crippen LogP contribution is -2.28. The number of carboxylic acids is 1. The number of ether oxygens (including phenoxy) is 1. The topological polar surface area (TPSA) is 92.7 Å². The number of aliphatic carboxylic acids is 1. The minimum absolute atomic E-state index is 0.145. The number of unbranched alkanes of at least 4 members (excludes halogenated alkanes) is 9. The predicted molar refractivity (Wildman–Crippen MR) is 217 cm³/mol. The molecule has 0 aromatic heterocycles. The van der Waals surface area contributed by atoms with Crippen molar-refractivity contribution in [3.8, 4) is 0 Å². The summed E-state index contributed by atoms with van der Waals surface area (Å²) in [6.07, 6.45) is 55.5. The first-order valence-corrected chi connectivity index (χ1v) is 19.9. The highest BCUT2D eigenvalue weighted by Gasteiger charge is 2.11. The molecule has 6 nitrogen and oxygen atoms in total. The Balaban J connectivity index is 4.19. The summed E-state index contributed by atoms with van der Waals surface area (Å²) in [6.45, 7) is 4.04. The molecule has 0 rings (SSSR count). The number of hydrogen-bond donors (Lipinski definition) is 2. The molecule has 0 fully saturated rings. The average Bonchev–Trinajstić information content (AvgIpc) is 3.11. The smallest absolute Gasteiger partial charge is 0.322 e. The van der Waals surface area contributed by atoms with Crippen LogP contribution < -0.4 is 5.32 Å². The molecule has 0 aromatic carbocycles. The van der Waals surface area contributed by atoms with Crippen molar-refractivity contribution in [2.24, 2.45) is 0 Å². The van der Waals surface area contributed by atoms with Gasteiger partial charge >= 0.3 is 11.9 Å². The van der Waals surface area contributed by atoms with Crippen molar-refractivity contribution < 1.29 is 24.2 Å². The highest BCUT2D eigenvalue weighted by Crippen LogP contribution is 2.14. The molecular formula is C45H71NO5. The number of allylic oxidation sites excluding steroid dienone is 15. The van der Waals surface area contributed by atoms with Gasteiger partial charge in [0.1, 0.15) is 12.6 Å². The number of rotatable bonds is 34. The highest BCUT2D eigenvalue weighted by atomic mass is 16.5. The molecule has 0 saturated carbocycles. The van der Waals surface area contributed by atoms with Crippen molar-refractivity contribution in [2.75, 3.05) is 6.54 Å². The summed E-state index contributed by atoms with van der Waals surface area (Å²) in [5, 5.41) is 11.0.